The Labute approximate surface area is 166 Å². The SMILES string of the molecule is CN1C[C@@H](NS(C)(=O)=O)CC[C@@H](C(=O)NCc2cnn(-c3ccccc3)c2)C1. The van der Waals surface area contributed by atoms with Crippen LogP contribution in [0, 0.1) is 5.92 Å². The van der Waals surface area contributed by atoms with Crippen molar-refractivity contribution in [3.63, 3.8) is 0 Å². The number of likely N-dealkylation sites (tertiary alicyclic amines) is 1. The molecule has 1 aliphatic heterocycles. The fourth-order valence-electron chi connectivity index (χ4n) is 3.53. The van der Waals surface area contributed by atoms with Crippen LogP contribution in [0.25, 0.3) is 5.69 Å². The first-order valence-electron chi connectivity index (χ1n) is 9.32. The quantitative estimate of drug-likeness (QED) is 0.739. The van der Waals surface area contributed by atoms with Crippen LogP contribution < -0.4 is 10.0 Å². The molecule has 28 heavy (non-hydrogen) atoms. The fourth-order valence-corrected chi connectivity index (χ4v) is 4.33. The molecule has 0 spiro atoms. The molecule has 8 nitrogen and oxygen atoms in total. The number of benzene rings is 1. The monoisotopic (exact) mass is 405 g/mol. The molecule has 2 N–H and O–H groups in total. The number of rotatable bonds is 6. The van der Waals surface area contributed by atoms with Crippen LogP contribution in [0.1, 0.15) is 18.4 Å². The first-order chi connectivity index (χ1) is 13.3. The van der Waals surface area contributed by atoms with E-state index in [1.165, 1.54) is 0 Å². The van der Waals surface area contributed by atoms with E-state index in [0.717, 1.165) is 17.5 Å². The molecule has 1 aromatic carbocycles. The summed E-state index contributed by atoms with van der Waals surface area (Å²) in [7, 11) is -1.35. The van der Waals surface area contributed by atoms with Crippen molar-refractivity contribution in [3.8, 4) is 5.69 Å². The van der Waals surface area contributed by atoms with Crippen LogP contribution in [-0.4, -0.2) is 61.4 Å². The van der Waals surface area contributed by atoms with Gasteiger partial charge in [-0.3, -0.25) is 4.79 Å². The molecule has 9 heteroatoms. The Kier molecular flexibility index (Phi) is 6.48. The number of hydrogen-bond acceptors (Lipinski definition) is 5. The lowest BCUT2D eigenvalue weighted by atomic mass is 10.0. The summed E-state index contributed by atoms with van der Waals surface area (Å²) in [6.45, 7) is 1.62. The van der Waals surface area contributed by atoms with Gasteiger partial charge in [-0.25, -0.2) is 17.8 Å². The van der Waals surface area contributed by atoms with Gasteiger partial charge in [0.25, 0.3) is 0 Å². The van der Waals surface area contributed by atoms with E-state index >= 15 is 0 Å². The van der Waals surface area contributed by atoms with E-state index in [-0.39, 0.29) is 17.9 Å². The molecule has 0 unspecified atom stereocenters. The van der Waals surface area contributed by atoms with Gasteiger partial charge in [-0.15, -0.1) is 0 Å². The standard InChI is InChI=1S/C19H27N5O3S/c1-23-13-16(8-9-17(14-23)22-28(2,26)27)19(25)20-10-15-11-21-24(12-15)18-6-4-3-5-7-18/h3-7,11-12,16-17,22H,8-10,13-14H2,1-2H3,(H,20,25)/t16-,17+/m1/s1. The molecule has 1 aromatic heterocycles. The average Bonchev–Trinajstić information content (AvgIpc) is 3.03. The van der Waals surface area contributed by atoms with E-state index in [2.05, 4.69) is 15.1 Å². The summed E-state index contributed by atoms with van der Waals surface area (Å²) in [6.07, 6.45) is 6.10. The smallest absolute Gasteiger partial charge is 0.224 e. The van der Waals surface area contributed by atoms with Crippen LogP contribution >= 0.6 is 0 Å². The fraction of sp³-hybridized carbons (Fsp3) is 0.474. The Bertz CT molecular complexity index is 897. The molecule has 2 atom stereocenters. The van der Waals surface area contributed by atoms with Crippen molar-refractivity contribution in [2.24, 2.45) is 5.92 Å². The highest BCUT2D eigenvalue weighted by Gasteiger charge is 2.27. The third kappa shape index (κ3) is 5.88. The van der Waals surface area contributed by atoms with Crippen LogP contribution in [-0.2, 0) is 21.4 Å². The van der Waals surface area contributed by atoms with Gasteiger partial charge < -0.3 is 10.2 Å². The van der Waals surface area contributed by atoms with Gasteiger partial charge in [0.1, 0.15) is 0 Å². The zero-order valence-corrected chi connectivity index (χ0v) is 17.0. The third-order valence-electron chi connectivity index (χ3n) is 4.80. The Morgan fingerprint density at radius 1 is 1.21 bits per heavy atom. The number of amides is 1. The predicted octanol–water partition coefficient (Wildman–Crippen LogP) is 0.748. The van der Waals surface area contributed by atoms with Gasteiger partial charge in [0.2, 0.25) is 15.9 Å². The molecule has 1 saturated heterocycles. The summed E-state index contributed by atoms with van der Waals surface area (Å²) in [5.41, 5.74) is 1.89. The molecule has 0 bridgehead atoms. The van der Waals surface area contributed by atoms with Crippen molar-refractivity contribution in [1.29, 1.82) is 0 Å². The normalized spacial score (nSPS) is 21.2. The van der Waals surface area contributed by atoms with Gasteiger partial charge in [-0.2, -0.15) is 5.10 Å². The molecule has 2 aromatic rings. The number of hydrogen-bond donors (Lipinski definition) is 2. The van der Waals surface area contributed by atoms with E-state index < -0.39 is 10.0 Å². The topological polar surface area (TPSA) is 96.3 Å². The number of carbonyl (C=O) groups is 1. The average molecular weight is 406 g/mol. The summed E-state index contributed by atoms with van der Waals surface area (Å²) < 4.78 is 27.4. The molecule has 1 aliphatic rings. The zero-order valence-electron chi connectivity index (χ0n) is 16.2. The molecule has 0 aliphatic carbocycles. The van der Waals surface area contributed by atoms with Crippen LogP contribution in [0.4, 0.5) is 0 Å². The van der Waals surface area contributed by atoms with Crippen LogP contribution in [0.3, 0.4) is 0 Å². The Morgan fingerprint density at radius 3 is 2.68 bits per heavy atom. The molecule has 1 fully saturated rings. The van der Waals surface area contributed by atoms with E-state index in [0.29, 0.717) is 32.5 Å². The van der Waals surface area contributed by atoms with Crippen LogP contribution in [0.15, 0.2) is 42.7 Å². The van der Waals surface area contributed by atoms with E-state index in [1.54, 1.807) is 10.9 Å². The summed E-state index contributed by atoms with van der Waals surface area (Å²) >= 11 is 0. The number of carbonyl (C=O) groups excluding carboxylic acids is 1. The van der Waals surface area contributed by atoms with E-state index in [1.807, 2.05) is 48.5 Å². The second-order valence-electron chi connectivity index (χ2n) is 7.43. The minimum absolute atomic E-state index is 0.0145. The Balaban J connectivity index is 1.54. The summed E-state index contributed by atoms with van der Waals surface area (Å²) in [4.78, 5) is 14.6. The van der Waals surface area contributed by atoms with Gasteiger partial charge in [-0.1, -0.05) is 18.2 Å². The second kappa shape index (κ2) is 8.85. The van der Waals surface area contributed by atoms with Crippen molar-refractivity contribution in [2.45, 2.75) is 25.4 Å². The highest BCUT2D eigenvalue weighted by Crippen LogP contribution is 2.17. The number of nitrogens with zero attached hydrogens (tertiary/aromatic N) is 3. The molecular weight excluding hydrogens is 378 g/mol. The van der Waals surface area contributed by atoms with Gasteiger partial charge in [0.05, 0.1) is 24.1 Å². The lowest BCUT2D eigenvalue weighted by Gasteiger charge is -2.21. The van der Waals surface area contributed by atoms with Crippen molar-refractivity contribution < 1.29 is 13.2 Å². The van der Waals surface area contributed by atoms with Crippen molar-refractivity contribution in [3.05, 3.63) is 48.3 Å². The first kappa shape index (κ1) is 20.5. The summed E-state index contributed by atoms with van der Waals surface area (Å²) in [6, 6.07) is 9.63. The molecular formula is C19H27N5O3S. The Morgan fingerprint density at radius 2 is 1.96 bits per heavy atom. The maximum atomic E-state index is 12.6. The first-order valence-corrected chi connectivity index (χ1v) is 11.2. The maximum absolute atomic E-state index is 12.6. The van der Waals surface area contributed by atoms with Gasteiger partial charge >= 0.3 is 0 Å². The highest BCUT2D eigenvalue weighted by molar-refractivity contribution is 7.88. The largest absolute Gasteiger partial charge is 0.352 e. The third-order valence-corrected chi connectivity index (χ3v) is 5.56. The zero-order chi connectivity index (χ0) is 20.1. The lowest BCUT2D eigenvalue weighted by Crippen LogP contribution is -2.41. The number of nitrogens with one attached hydrogen (secondary N) is 2. The number of sulfonamides is 1. The molecule has 2 heterocycles. The molecule has 0 radical (unpaired) electrons. The summed E-state index contributed by atoms with van der Waals surface area (Å²) in [5.74, 6) is -0.181. The number of aromatic nitrogens is 2. The highest BCUT2D eigenvalue weighted by atomic mass is 32.2. The second-order valence-corrected chi connectivity index (χ2v) is 9.21. The van der Waals surface area contributed by atoms with Gasteiger partial charge in [-0.05, 0) is 32.0 Å². The number of para-hydroxylation sites is 1. The van der Waals surface area contributed by atoms with Crippen LogP contribution in [0.5, 0.6) is 0 Å². The predicted molar refractivity (Wildman–Crippen MR) is 107 cm³/mol. The number of likely N-dealkylation sites (N-methyl/N-ethyl adjacent to an activating group) is 1. The molecule has 1 amide bonds. The lowest BCUT2D eigenvalue weighted by molar-refractivity contribution is -0.125. The molecule has 3 rings (SSSR count). The minimum atomic E-state index is -3.25. The maximum Gasteiger partial charge on any atom is 0.224 e. The van der Waals surface area contributed by atoms with Crippen molar-refractivity contribution in [1.82, 2.24) is 24.7 Å². The van der Waals surface area contributed by atoms with E-state index in [9.17, 15) is 13.2 Å². The Hall–Kier alpha value is -2.23. The minimum Gasteiger partial charge on any atom is -0.352 e. The van der Waals surface area contributed by atoms with Crippen LogP contribution in [0.2, 0.25) is 0 Å². The van der Waals surface area contributed by atoms with Gasteiger partial charge in [0, 0.05) is 37.4 Å². The molecule has 0 saturated carbocycles. The van der Waals surface area contributed by atoms with Crippen molar-refractivity contribution >= 4 is 15.9 Å². The van der Waals surface area contributed by atoms with Crippen molar-refractivity contribution in [2.75, 3.05) is 26.4 Å². The van der Waals surface area contributed by atoms with E-state index in [4.69, 9.17) is 0 Å². The summed E-state index contributed by atoms with van der Waals surface area (Å²) in [5, 5.41) is 7.33. The molecule has 152 valence electrons. The van der Waals surface area contributed by atoms with Gasteiger partial charge in [0.15, 0.2) is 0 Å².